The minimum absolute atomic E-state index is 0.297. The van der Waals surface area contributed by atoms with E-state index in [0.717, 1.165) is 18.1 Å². The van der Waals surface area contributed by atoms with E-state index < -0.39 is 29.7 Å². The van der Waals surface area contributed by atoms with Gasteiger partial charge in [0.1, 0.15) is 17.7 Å². The summed E-state index contributed by atoms with van der Waals surface area (Å²) in [6, 6.07) is 11.4. The molecule has 5 heteroatoms. The van der Waals surface area contributed by atoms with Gasteiger partial charge in [0.15, 0.2) is 0 Å². The molecule has 1 saturated heterocycles. The van der Waals surface area contributed by atoms with Gasteiger partial charge < -0.3 is 5.11 Å². The molecule has 0 aromatic heterocycles. The molecule has 2 unspecified atom stereocenters. The van der Waals surface area contributed by atoms with Crippen molar-refractivity contribution in [2.75, 3.05) is 6.54 Å². The number of halogens is 2. The Kier molecular flexibility index (Phi) is 4.39. The molecule has 120 valence electrons. The van der Waals surface area contributed by atoms with Crippen molar-refractivity contribution >= 4 is 5.97 Å². The number of carboxylic acids is 1. The highest BCUT2D eigenvalue weighted by molar-refractivity contribution is 5.74. The zero-order valence-electron chi connectivity index (χ0n) is 12.5. The number of carboxylic acid groups (broad SMARTS) is 1. The molecule has 1 aliphatic rings. The predicted molar refractivity (Wildman–Crippen MR) is 82.0 cm³/mol. The third-order valence-corrected chi connectivity index (χ3v) is 4.28. The van der Waals surface area contributed by atoms with Crippen molar-refractivity contribution in [3.63, 3.8) is 0 Å². The Morgan fingerprint density at radius 2 is 1.91 bits per heavy atom. The molecular formula is C18H17F2NO2. The Bertz CT molecular complexity index is 705. The Balaban J connectivity index is 2.09. The van der Waals surface area contributed by atoms with Crippen LogP contribution in [0.3, 0.4) is 0 Å². The molecule has 23 heavy (non-hydrogen) atoms. The molecule has 0 bridgehead atoms. The Morgan fingerprint density at radius 3 is 2.57 bits per heavy atom. The van der Waals surface area contributed by atoms with Gasteiger partial charge in [0, 0.05) is 18.2 Å². The number of likely N-dealkylation sites (tertiary alicyclic amines) is 1. The first-order valence-corrected chi connectivity index (χ1v) is 7.56. The summed E-state index contributed by atoms with van der Waals surface area (Å²) in [6.07, 6.45) is 1.27. The van der Waals surface area contributed by atoms with Crippen LogP contribution in [0.5, 0.6) is 0 Å². The van der Waals surface area contributed by atoms with Gasteiger partial charge in [0.05, 0.1) is 6.04 Å². The van der Waals surface area contributed by atoms with Gasteiger partial charge in [0.2, 0.25) is 0 Å². The fourth-order valence-electron chi connectivity index (χ4n) is 3.27. The Morgan fingerprint density at radius 1 is 1.17 bits per heavy atom. The predicted octanol–water partition coefficient (Wildman–Crippen LogP) is 3.60. The van der Waals surface area contributed by atoms with Crippen LogP contribution >= 0.6 is 0 Å². The lowest BCUT2D eigenvalue weighted by Crippen LogP contribution is -2.39. The standard InChI is InChI=1S/C18H17F2NO2/c19-13-8-9-14(15(20)11-13)17(12-5-2-1-3-6-12)21-10-4-7-16(21)18(22)23/h1-3,5-6,8-9,11,16-17H,4,7,10H2,(H,22,23). The first-order valence-electron chi connectivity index (χ1n) is 7.56. The minimum atomic E-state index is -0.911. The van der Waals surface area contributed by atoms with E-state index in [1.165, 1.54) is 12.1 Å². The maximum Gasteiger partial charge on any atom is 0.320 e. The number of nitrogens with zero attached hydrogens (tertiary/aromatic N) is 1. The summed E-state index contributed by atoms with van der Waals surface area (Å²) < 4.78 is 27.6. The van der Waals surface area contributed by atoms with Crippen molar-refractivity contribution in [1.82, 2.24) is 4.90 Å². The van der Waals surface area contributed by atoms with Crippen LogP contribution in [-0.2, 0) is 4.79 Å². The van der Waals surface area contributed by atoms with Crippen molar-refractivity contribution in [3.8, 4) is 0 Å². The van der Waals surface area contributed by atoms with E-state index in [9.17, 15) is 18.7 Å². The summed E-state index contributed by atoms with van der Waals surface area (Å²) in [5, 5.41) is 9.44. The second-order valence-corrected chi connectivity index (χ2v) is 5.71. The van der Waals surface area contributed by atoms with Crippen LogP contribution in [-0.4, -0.2) is 28.6 Å². The number of rotatable bonds is 4. The molecule has 0 aliphatic carbocycles. The molecule has 2 aromatic rings. The van der Waals surface area contributed by atoms with E-state index in [0.29, 0.717) is 18.5 Å². The summed E-state index contributed by atoms with van der Waals surface area (Å²) in [5.74, 6) is -2.21. The van der Waals surface area contributed by atoms with Gasteiger partial charge in [-0.2, -0.15) is 0 Å². The topological polar surface area (TPSA) is 40.5 Å². The molecule has 0 saturated carbocycles. The lowest BCUT2D eigenvalue weighted by atomic mass is 9.95. The largest absolute Gasteiger partial charge is 0.480 e. The normalized spacial score (nSPS) is 19.7. The quantitative estimate of drug-likeness (QED) is 0.936. The van der Waals surface area contributed by atoms with E-state index in [2.05, 4.69) is 0 Å². The molecule has 2 atom stereocenters. The van der Waals surface area contributed by atoms with E-state index in [1.807, 2.05) is 30.3 Å². The van der Waals surface area contributed by atoms with Crippen LogP contribution in [0.15, 0.2) is 48.5 Å². The molecule has 0 spiro atoms. The minimum Gasteiger partial charge on any atom is -0.480 e. The molecule has 1 aliphatic heterocycles. The highest BCUT2D eigenvalue weighted by Crippen LogP contribution is 2.36. The summed E-state index contributed by atoms with van der Waals surface area (Å²) in [4.78, 5) is 13.3. The number of hydrogen-bond acceptors (Lipinski definition) is 2. The summed E-state index contributed by atoms with van der Waals surface area (Å²) in [7, 11) is 0. The fourth-order valence-corrected chi connectivity index (χ4v) is 3.27. The first kappa shape index (κ1) is 15.6. The third kappa shape index (κ3) is 3.10. The smallest absolute Gasteiger partial charge is 0.320 e. The second-order valence-electron chi connectivity index (χ2n) is 5.71. The van der Waals surface area contributed by atoms with Crippen LogP contribution in [0.1, 0.15) is 30.0 Å². The molecule has 3 nitrogen and oxygen atoms in total. The molecule has 0 radical (unpaired) electrons. The molecule has 1 N–H and O–H groups in total. The number of benzene rings is 2. The molecule has 1 fully saturated rings. The van der Waals surface area contributed by atoms with Crippen LogP contribution in [0.2, 0.25) is 0 Å². The van der Waals surface area contributed by atoms with Gasteiger partial charge >= 0.3 is 5.97 Å². The van der Waals surface area contributed by atoms with Gasteiger partial charge in [-0.1, -0.05) is 36.4 Å². The average Bonchev–Trinajstić information content (AvgIpc) is 3.00. The summed E-state index contributed by atoms with van der Waals surface area (Å²) in [5.41, 5.74) is 1.09. The highest BCUT2D eigenvalue weighted by Gasteiger charge is 2.37. The van der Waals surface area contributed by atoms with E-state index in [4.69, 9.17) is 0 Å². The van der Waals surface area contributed by atoms with Crippen molar-refractivity contribution in [2.45, 2.75) is 24.9 Å². The lowest BCUT2D eigenvalue weighted by molar-refractivity contribution is -0.142. The monoisotopic (exact) mass is 317 g/mol. The molecular weight excluding hydrogens is 300 g/mol. The van der Waals surface area contributed by atoms with Gasteiger partial charge in [-0.15, -0.1) is 0 Å². The van der Waals surface area contributed by atoms with E-state index >= 15 is 0 Å². The van der Waals surface area contributed by atoms with E-state index in [1.54, 1.807) is 4.90 Å². The Hall–Kier alpha value is -2.27. The van der Waals surface area contributed by atoms with Crippen LogP contribution < -0.4 is 0 Å². The maximum atomic E-state index is 14.4. The lowest BCUT2D eigenvalue weighted by Gasteiger charge is -2.32. The van der Waals surface area contributed by atoms with Crippen molar-refractivity contribution < 1.29 is 18.7 Å². The van der Waals surface area contributed by atoms with Crippen molar-refractivity contribution in [3.05, 3.63) is 71.3 Å². The highest BCUT2D eigenvalue weighted by atomic mass is 19.1. The number of carbonyl (C=O) groups is 1. The molecule has 3 rings (SSSR count). The number of hydrogen-bond donors (Lipinski definition) is 1. The van der Waals surface area contributed by atoms with Gasteiger partial charge in [-0.25, -0.2) is 8.78 Å². The zero-order valence-corrected chi connectivity index (χ0v) is 12.5. The van der Waals surface area contributed by atoms with Gasteiger partial charge in [-0.3, -0.25) is 9.69 Å². The molecule has 1 heterocycles. The van der Waals surface area contributed by atoms with E-state index in [-0.39, 0.29) is 0 Å². The van der Waals surface area contributed by atoms with Gasteiger partial charge in [-0.05, 0) is 24.5 Å². The van der Waals surface area contributed by atoms with Gasteiger partial charge in [0.25, 0.3) is 0 Å². The van der Waals surface area contributed by atoms with Crippen LogP contribution in [0.4, 0.5) is 8.78 Å². The Labute approximate surface area is 133 Å². The summed E-state index contributed by atoms with van der Waals surface area (Å²) >= 11 is 0. The third-order valence-electron chi connectivity index (χ3n) is 4.28. The average molecular weight is 317 g/mol. The first-order chi connectivity index (χ1) is 11.1. The zero-order chi connectivity index (χ0) is 16.4. The maximum absolute atomic E-state index is 14.4. The van der Waals surface area contributed by atoms with Crippen molar-refractivity contribution in [1.29, 1.82) is 0 Å². The summed E-state index contributed by atoms with van der Waals surface area (Å²) in [6.45, 7) is 0.563. The molecule has 0 amide bonds. The van der Waals surface area contributed by atoms with Crippen LogP contribution in [0.25, 0.3) is 0 Å². The number of aliphatic carboxylic acids is 1. The molecule has 2 aromatic carbocycles. The SMILES string of the molecule is O=C(O)C1CCCN1C(c1ccccc1)c1ccc(F)cc1F. The fraction of sp³-hybridized carbons (Fsp3) is 0.278. The van der Waals surface area contributed by atoms with Crippen LogP contribution in [0, 0.1) is 11.6 Å². The van der Waals surface area contributed by atoms with Crippen molar-refractivity contribution in [2.24, 2.45) is 0 Å². The second kappa shape index (κ2) is 6.46.